The number of aromatic nitrogens is 1. The Balaban J connectivity index is 1.43. The lowest BCUT2D eigenvalue weighted by Gasteiger charge is -2.25. The molecule has 2 aromatic heterocycles. The molecule has 1 aliphatic rings. The van der Waals surface area contributed by atoms with Crippen LogP contribution in [-0.2, 0) is 23.0 Å². The number of carbonyl (C=O) groups excluding carboxylic acids is 1. The van der Waals surface area contributed by atoms with Crippen LogP contribution in [0.5, 0.6) is 0 Å². The Morgan fingerprint density at radius 1 is 1.02 bits per heavy atom. The second kappa shape index (κ2) is 11.7. The Morgan fingerprint density at radius 2 is 1.70 bits per heavy atom. The number of nitrogens with zero attached hydrogens (tertiary/aromatic N) is 3. The Morgan fingerprint density at radius 3 is 2.35 bits per heavy atom. The average Bonchev–Trinajstić information content (AvgIpc) is 3.48. The molecule has 1 N–H and O–H groups in total. The fraction of sp³-hybridized carbons (Fsp3) is 0.400. The molecule has 40 heavy (non-hydrogen) atoms. The summed E-state index contributed by atoms with van der Waals surface area (Å²) in [6.07, 6.45) is 0.902. The van der Waals surface area contributed by atoms with Crippen molar-refractivity contribution in [2.24, 2.45) is 11.8 Å². The van der Waals surface area contributed by atoms with E-state index in [-0.39, 0.29) is 22.6 Å². The highest BCUT2D eigenvalue weighted by atomic mass is 32.2. The minimum atomic E-state index is -3.66. The Kier molecular flexibility index (Phi) is 8.45. The number of nitrogens with one attached hydrogen (secondary N) is 1. The number of thiazole rings is 1. The predicted molar refractivity (Wildman–Crippen MR) is 166 cm³/mol. The third-order valence-corrected chi connectivity index (χ3v) is 10.9. The normalized spacial score (nSPS) is 14.4. The first kappa shape index (κ1) is 28.9. The molecule has 0 aliphatic carbocycles. The molecule has 0 radical (unpaired) electrons. The number of hydrogen-bond acceptors (Lipinski definition) is 7. The summed E-state index contributed by atoms with van der Waals surface area (Å²) in [6, 6.07) is 14.4. The number of amides is 1. The summed E-state index contributed by atoms with van der Waals surface area (Å²) < 4.78 is 29.5. The molecule has 3 heterocycles. The van der Waals surface area contributed by atoms with E-state index in [1.807, 2.05) is 45.9 Å². The van der Waals surface area contributed by atoms with Crippen LogP contribution in [0.1, 0.15) is 48.5 Å². The molecule has 0 saturated heterocycles. The molecule has 2 aromatic carbocycles. The smallest absolute Gasteiger partial charge is 0.256 e. The van der Waals surface area contributed by atoms with Crippen molar-refractivity contribution < 1.29 is 13.2 Å². The second-order valence-electron chi connectivity index (χ2n) is 11.3. The summed E-state index contributed by atoms with van der Waals surface area (Å²) >= 11 is 3.25. The van der Waals surface area contributed by atoms with Crippen molar-refractivity contribution in [2.75, 3.05) is 32.0 Å². The van der Waals surface area contributed by atoms with E-state index < -0.39 is 10.0 Å². The van der Waals surface area contributed by atoms with Crippen molar-refractivity contribution in [2.45, 2.75) is 45.6 Å². The standard InChI is InChI=1S/C30H36N4O3S3/c1-19(2)16-34(17-20(3)4)40(36,37)22-12-10-21(11-13-22)28(35)32-30-27(23-14-15-33(5)18-26(23)39-30)29-31-24-8-6-7-9-25(24)38-29/h6-13,19-20H,14-18H2,1-5H3,(H,32,35). The zero-order valence-corrected chi connectivity index (χ0v) is 26.0. The first-order valence-electron chi connectivity index (χ1n) is 13.6. The molecule has 4 aromatic rings. The topological polar surface area (TPSA) is 82.6 Å². The molecule has 0 atom stereocenters. The van der Waals surface area contributed by atoms with Crippen LogP contribution in [0.25, 0.3) is 20.8 Å². The molecular formula is C30H36N4O3S3. The first-order valence-corrected chi connectivity index (χ1v) is 16.7. The summed E-state index contributed by atoms with van der Waals surface area (Å²) in [5.41, 5.74) is 3.64. The second-order valence-corrected chi connectivity index (χ2v) is 15.3. The van der Waals surface area contributed by atoms with E-state index in [9.17, 15) is 13.2 Å². The molecule has 5 rings (SSSR count). The van der Waals surface area contributed by atoms with Crippen LogP contribution >= 0.6 is 22.7 Å². The number of carbonyl (C=O) groups is 1. The highest BCUT2D eigenvalue weighted by molar-refractivity contribution is 7.89. The van der Waals surface area contributed by atoms with E-state index in [1.165, 1.54) is 10.4 Å². The quantitative estimate of drug-likeness (QED) is 0.236. The molecule has 10 heteroatoms. The highest BCUT2D eigenvalue weighted by Crippen LogP contribution is 2.45. The van der Waals surface area contributed by atoms with E-state index in [4.69, 9.17) is 4.98 Å². The lowest BCUT2D eigenvalue weighted by Crippen LogP contribution is -2.37. The third kappa shape index (κ3) is 6.01. The summed E-state index contributed by atoms with van der Waals surface area (Å²) in [4.78, 5) is 22.1. The summed E-state index contributed by atoms with van der Waals surface area (Å²) in [5, 5.41) is 4.85. The van der Waals surface area contributed by atoms with E-state index in [1.54, 1.807) is 51.2 Å². The van der Waals surface area contributed by atoms with Crippen LogP contribution in [0.3, 0.4) is 0 Å². The molecule has 1 amide bonds. The van der Waals surface area contributed by atoms with Crippen molar-refractivity contribution in [3.05, 3.63) is 64.5 Å². The van der Waals surface area contributed by atoms with Gasteiger partial charge in [-0.25, -0.2) is 13.4 Å². The maximum Gasteiger partial charge on any atom is 0.256 e. The van der Waals surface area contributed by atoms with Gasteiger partial charge in [-0.3, -0.25) is 4.79 Å². The van der Waals surface area contributed by atoms with Crippen LogP contribution in [0.4, 0.5) is 5.00 Å². The molecule has 7 nitrogen and oxygen atoms in total. The molecule has 1 aliphatic heterocycles. The van der Waals surface area contributed by atoms with E-state index >= 15 is 0 Å². The Labute approximate surface area is 244 Å². The molecule has 0 saturated carbocycles. The Bertz CT molecular complexity index is 1580. The van der Waals surface area contributed by atoms with Crippen molar-refractivity contribution >= 4 is 53.8 Å². The number of likely N-dealkylation sites (N-methyl/N-ethyl adjacent to an activating group) is 1. The number of rotatable bonds is 9. The summed E-state index contributed by atoms with van der Waals surface area (Å²) in [7, 11) is -1.55. The van der Waals surface area contributed by atoms with Gasteiger partial charge in [0.1, 0.15) is 10.0 Å². The lowest BCUT2D eigenvalue weighted by atomic mass is 10.0. The van der Waals surface area contributed by atoms with Crippen molar-refractivity contribution in [3.63, 3.8) is 0 Å². The van der Waals surface area contributed by atoms with Gasteiger partial charge < -0.3 is 10.2 Å². The number of para-hydroxylation sites is 1. The van der Waals surface area contributed by atoms with Gasteiger partial charge in [0.2, 0.25) is 10.0 Å². The molecular weight excluding hydrogens is 561 g/mol. The predicted octanol–water partition coefficient (Wildman–Crippen LogP) is 6.57. The SMILES string of the molecule is CC(C)CN(CC(C)C)S(=O)(=O)c1ccc(C(=O)Nc2sc3c(c2-c2nc4ccccc4s2)CCN(C)C3)cc1. The van der Waals surface area contributed by atoms with Gasteiger partial charge in [0.25, 0.3) is 5.91 Å². The summed E-state index contributed by atoms with van der Waals surface area (Å²) in [6.45, 7) is 10.8. The van der Waals surface area contributed by atoms with Crippen LogP contribution in [0.15, 0.2) is 53.4 Å². The first-order chi connectivity index (χ1) is 19.0. The molecule has 212 valence electrons. The van der Waals surface area contributed by atoms with Crippen LogP contribution in [-0.4, -0.2) is 55.2 Å². The van der Waals surface area contributed by atoms with Crippen LogP contribution < -0.4 is 5.32 Å². The molecule has 0 fully saturated rings. The summed E-state index contributed by atoms with van der Waals surface area (Å²) in [5.74, 6) is 0.152. The molecule has 0 unspecified atom stereocenters. The number of fused-ring (bicyclic) bond motifs is 2. The fourth-order valence-corrected chi connectivity index (χ4v) is 9.21. The van der Waals surface area contributed by atoms with Gasteiger partial charge in [-0.05, 0) is 67.3 Å². The van der Waals surface area contributed by atoms with Gasteiger partial charge in [0.15, 0.2) is 0 Å². The number of hydrogen-bond donors (Lipinski definition) is 1. The van der Waals surface area contributed by atoms with Crippen molar-refractivity contribution in [1.82, 2.24) is 14.2 Å². The van der Waals surface area contributed by atoms with E-state index in [0.29, 0.717) is 18.7 Å². The fourth-order valence-electron chi connectivity index (χ4n) is 5.01. The van der Waals surface area contributed by atoms with Gasteiger partial charge in [-0.15, -0.1) is 22.7 Å². The maximum atomic E-state index is 13.4. The van der Waals surface area contributed by atoms with Gasteiger partial charge in [-0.1, -0.05) is 39.8 Å². The zero-order chi connectivity index (χ0) is 28.6. The molecule has 0 bridgehead atoms. The van der Waals surface area contributed by atoms with Crippen molar-refractivity contribution in [3.8, 4) is 10.6 Å². The minimum Gasteiger partial charge on any atom is -0.313 e. The highest BCUT2D eigenvalue weighted by Gasteiger charge is 2.28. The number of thiophene rings is 1. The lowest BCUT2D eigenvalue weighted by molar-refractivity contribution is 0.102. The van der Waals surface area contributed by atoms with Crippen molar-refractivity contribution in [1.29, 1.82) is 0 Å². The Hall–Kier alpha value is -2.63. The largest absolute Gasteiger partial charge is 0.313 e. The minimum absolute atomic E-state index is 0.204. The maximum absolute atomic E-state index is 13.4. The van der Waals surface area contributed by atoms with Crippen LogP contribution in [0.2, 0.25) is 0 Å². The number of benzene rings is 2. The number of anilines is 1. The monoisotopic (exact) mass is 596 g/mol. The van der Waals surface area contributed by atoms with Gasteiger partial charge in [-0.2, -0.15) is 4.31 Å². The average molecular weight is 597 g/mol. The number of sulfonamides is 1. The van der Waals surface area contributed by atoms with E-state index in [0.717, 1.165) is 45.3 Å². The zero-order valence-electron chi connectivity index (χ0n) is 23.6. The van der Waals surface area contributed by atoms with Crippen LogP contribution in [0, 0.1) is 11.8 Å². The van der Waals surface area contributed by atoms with Gasteiger partial charge >= 0.3 is 0 Å². The van der Waals surface area contributed by atoms with Gasteiger partial charge in [0.05, 0.1) is 15.1 Å². The van der Waals surface area contributed by atoms with Gasteiger partial charge in [0, 0.05) is 42.2 Å². The third-order valence-electron chi connectivity index (χ3n) is 6.87. The molecule has 0 spiro atoms. The van der Waals surface area contributed by atoms with E-state index in [2.05, 4.69) is 23.3 Å².